The lowest BCUT2D eigenvalue weighted by Crippen LogP contribution is -2.55. The zero-order valence-electron chi connectivity index (χ0n) is 16.0. The Kier molecular flexibility index (Phi) is 7.58. The third kappa shape index (κ3) is 5.27. The van der Waals surface area contributed by atoms with Crippen molar-refractivity contribution in [2.45, 2.75) is 51.3 Å². The van der Waals surface area contributed by atoms with Crippen molar-refractivity contribution in [1.29, 1.82) is 0 Å². The number of hydrogen-bond acceptors (Lipinski definition) is 6. The smallest absolute Gasteiger partial charge is 0.310 e. The van der Waals surface area contributed by atoms with Crippen LogP contribution < -0.4 is 0 Å². The van der Waals surface area contributed by atoms with Crippen molar-refractivity contribution in [3.63, 3.8) is 0 Å². The number of hydrogen-bond donors (Lipinski definition) is 1. The average molecular weight is 366 g/mol. The molecule has 6 heteroatoms. The molecule has 0 bridgehead atoms. The summed E-state index contributed by atoms with van der Waals surface area (Å²) >= 11 is 0. The van der Waals surface area contributed by atoms with Gasteiger partial charge in [0.25, 0.3) is 0 Å². The lowest BCUT2D eigenvalue weighted by molar-refractivity contribution is -0.310. The molecule has 1 saturated heterocycles. The molecule has 2 rings (SSSR count). The van der Waals surface area contributed by atoms with Gasteiger partial charge in [0, 0.05) is 25.4 Å². The maximum Gasteiger partial charge on any atom is 0.310 e. The van der Waals surface area contributed by atoms with Crippen LogP contribution >= 0.6 is 0 Å². The largest absolute Gasteiger partial charge is 0.469 e. The fourth-order valence-corrected chi connectivity index (χ4v) is 3.40. The lowest BCUT2D eigenvalue weighted by atomic mass is 9.82. The van der Waals surface area contributed by atoms with Crippen molar-refractivity contribution in [2.24, 2.45) is 11.8 Å². The molecule has 0 aliphatic carbocycles. The van der Waals surface area contributed by atoms with Crippen LogP contribution in [0.2, 0.25) is 0 Å². The maximum atomic E-state index is 11.7. The zero-order chi connectivity index (χ0) is 19.2. The van der Waals surface area contributed by atoms with Crippen LogP contribution in [0.25, 0.3) is 0 Å². The number of ether oxygens (including phenoxy) is 4. The molecule has 0 unspecified atom stereocenters. The number of methoxy groups -OCH3 is 2. The Morgan fingerprint density at radius 1 is 1.35 bits per heavy atom. The number of carbonyl (C=O) groups excluding carboxylic acids is 1. The molecule has 26 heavy (non-hydrogen) atoms. The summed E-state index contributed by atoms with van der Waals surface area (Å²) in [5.41, 5.74) is 1.11. The average Bonchev–Trinajstić information content (AvgIpc) is 2.65. The summed E-state index contributed by atoms with van der Waals surface area (Å²) in [6, 6.07) is 9.95. The first-order valence-corrected chi connectivity index (χ1v) is 9.00. The Hall–Kier alpha value is -1.47. The van der Waals surface area contributed by atoms with E-state index < -0.39 is 17.9 Å². The van der Waals surface area contributed by atoms with Gasteiger partial charge in [0.1, 0.15) is 0 Å². The third-order valence-electron chi connectivity index (χ3n) is 5.06. The topological polar surface area (TPSA) is 74.2 Å². The highest BCUT2D eigenvalue weighted by molar-refractivity contribution is 5.70. The minimum absolute atomic E-state index is 0.0239. The van der Waals surface area contributed by atoms with E-state index in [2.05, 4.69) is 0 Å². The molecule has 1 aromatic rings. The molecule has 1 fully saturated rings. The molecule has 0 amide bonds. The van der Waals surface area contributed by atoms with Crippen LogP contribution in [0.1, 0.15) is 32.3 Å². The van der Waals surface area contributed by atoms with Crippen molar-refractivity contribution in [3.05, 3.63) is 35.9 Å². The molecule has 0 aromatic heterocycles. The Morgan fingerprint density at radius 3 is 2.65 bits per heavy atom. The van der Waals surface area contributed by atoms with Gasteiger partial charge >= 0.3 is 5.97 Å². The van der Waals surface area contributed by atoms with Gasteiger partial charge in [-0.3, -0.25) is 4.79 Å². The van der Waals surface area contributed by atoms with E-state index in [4.69, 9.17) is 18.9 Å². The van der Waals surface area contributed by atoms with Crippen molar-refractivity contribution in [1.82, 2.24) is 0 Å². The van der Waals surface area contributed by atoms with Crippen LogP contribution in [0.3, 0.4) is 0 Å². The molecule has 6 nitrogen and oxygen atoms in total. The van der Waals surface area contributed by atoms with Gasteiger partial charge < -0.3 is 24.1 Å². The minimum atomic E-state index is -1.17. The standard InChI is InChI=1S/C20H30O6/c1-14(12-25-13-16-8-6-5-7-9-16)19-15(2)17(21)10-20(24-4,26-19)11-18(22)23-3/h5-9,14-15,17,19,21H,10-13H2,1-4H3/t14-,15-,17+,19+,20+/m1/s1. The van der Waals surface area contributed by atoms with Gasteiger partial charge in [-0.05, 0) is 5.56 Å². The summed E-state index contributed by atoms with van der Waals surface area (Å²) in [5, 5.41) is 10.5. The van der Waals surface area contributed by atoms with Crippen LogP contribution in [-0.4, -0.2) is 49.9 Å². The summed E-state index contributed by atoms with van der Waals surface area (Å²) in [6.45, 7) is 4.96. The van der Waals surface area contributed by atoms with E-state index in [1.807, 2.05) is 44.2 Å². The first kappa shape index (κ1) is 20.8. The lowest BCUT2D eigenvalue weighted by Gasteiger charge is -2.46. The van der Waals surface area contributed by atoms with Crippen molar-refractivity contribution >= 4 is 5.97 Å². The number of aliphatic hydroxyl groups is 1. The van der Waals surface area contributed by atoms with Gasteiger partial charge in [0.05, 0.1) is 39.0 Å². The molecule has 1 aliphatic rings. The highest BCUT2D eigenvalue weighted by atomic mass is 16.7. The molecule has 0 spiro atoms. The molecule has 1 aliphatic heterocycles. The van der Waals surface area contributed by atoms with Gasteiger partial charge in [-0.15, -0.1) is 0 Å². The van der Waals surface area contributed by atoms with Crippen molar-refractivity contribution < 1.29 is 28.8 Å². The number of benzene rings is 1. The van der Waals surface area contributed by atoms with E-state index in [1.54, 1.807) is 0 Å². The van der Waals surface area contributed by atoms with E-state index in [0.29, 0.717) is 13.2 Å². The Morgan fingerprint density at radius 2 is 2.04 bits per heavy atom. The second-order valence-corrected chi connectivity index (χ2v) is 7.06. The van der Waals surface area contributed by atoms with Crippen LogP contribution in [0.5, 0.6) is 0 Å². The summed E-state index contributed by atoms with van der Waals surface area (Å²) < 4.78 is 22.3. The van der Waals surface area contributed by atoms with Crippen LogP contribution in [0, 0.1) is 11.8 Å². The number of rotatable bonds is 8. The van der Waals surface area contributed by atoms with E-state index >= 15 is 0 Å². The van der Waals surface area contributed by atoms with Crippen molar-refractivity contribution in [2.75, 3.05) is 20.8 Å². The Bertz CT molecular complexity index is 563. The first-order valence-electron chi connectivity index (χ1n) is 9.00. The van der Waals surface area contributed by atoms with Gasteiger partial charge in [0.15, 0.2) is 5.79 Å². The Balaban J connectivity index is 1.99. The minimum Gasteiger partial charge on any atom is -0.469 e. The second-order valence-electron chi connectivity index (χ2n) is 7.06. The molecule has 0 radical (unpaired) electrons. The SMILES string of the molecule is COC(=O)C[C@]1(OC)C[C@H](O)[C@@H](C)[C@H]([C@H](C)COCc2ccccc2)O1. The molecular weight excluding hydrogens is 336 g/mol. The zero-order valence-corrected chi connectivity index (χ0v) is 16.0. The number of esters is 1. The van der Waals surface area contributed by atoms with E-state index in [-0.39, 0.29) is 30.8 Å². The maximum absolute atomic E-state index is 11.7. The predicted molar refractivity (Wildman–Crippen MR) is 96.3 cm³/mol. The van der Waals surface area contributed by atoms with Gasteiger partial charge in [-0.25, -0.2) is 0 Å². The fourth-order valence-electron chi connectivity index (χ4n) is 3.40. The summed E-state index contributed by atoms with van der Waals surface area (Å²) in [7, 11) is 2.81. The van der Waals surface area contributed by atoms with Gasteiger partial charge in [0.2, 0.25) is 0 Å². The fraction of sp³-hybridized carbons (Fsp3) is 0.650. The monoisotopic (exact) mass is 366 g/mol. The molecule has 0 saturated carbocycles. The molecule has 1 heterocycles. The predicted octanol–water partition coefficient (Wildman–Crippen LogP) is 2.53. The van der Waals surface area contributed by atoms with Gasteiger partial charge in [-0.2, -0.15) is 0 Å². The molecule has 1 aromatic carbocycles. The van der Waals surface area contributed by atoms with E-state index in [1.165, 1.54) is 14.2 Å². The summed E-state index contributed by atoms with van der Waals surface area (Å²) in [6.07, 6.45) is -0.750. The first-order chi connectivity index (χ1) is 12.4. The van der Waals surface area contributed by atoms with Crippen LogP contribution in [0.4, 0.5) is 0 Å². The summed E-state index contributed by atoms with van der Waals surface area (Å²) in [5.74, 6) is -1.67. The highest BCUT2D eigenvalue weighted by Crippen LogP contribution is 2.38. The number of aliphatic hydroxyl groups excluding tert-OH is 1. The normalized spacial score (nSPS) is 30.0. The number of carbonyl (C=O) groups is 1. The van der Waals surface area contributed by atoms with Crippen LogP contribution in [-0.2, 0) is 30.3 Å². The second kappa shape index (κ2) is 9.46. The highest BCUT2D eigenvalue weighted by Gasteiger charge is 2.48. The third-order valence-corrected chi connectivity index (χ3v) is 5.06. The van der Waals surface area contributed by atoms with Gasteiger partial charge in [-0.1, -0.05) is 44.2 Å². The quantitative estimate of drug-likeness (QED) is 0.713. The Labute approximate surface area is 155 Å². The summed E-state index contributed by atoms with van der Waals surface area (Å²) in [4.78, 5) is 11.7. The molecule has 146 valence electrons. The molecular formula is C20H30O6. The van der Waals surface area contributed by atoms with E-state index in [0.717, 1.165) is 5.56 Å². The van der Waals surface area contributed by atoms with Crippen molar-refractivity contribution in [3.8, 4) is 0 Å². The molecule has 5 atom stereocenters. The van der Waals surface area contributed by atoms with Crippen LogP contribution in [0.15, 0.2) is 30.3 Å². The molecule has 1 N–H and O–H groups in total. The van der Waals surface area contributed by atoms with E-state index in [9.17, 15) is 9.90 Å².